The molecule has 6 nitrogen and oxygen atoms in total. The lowest BCUT2D eigenvalue weighted by atomic mass is 10.2. The first-order chi connectivity index (χ1) is 10.7. The van der Waals surface area contributed by atoms with E-state index >= 15 is 0 Å². The molecule has 0 aliphatic carbocycles. The maximum Gasteiger partial charge on any atom is 0.115 e. The van der Waals surface area contributed by atoms with Crippen molar-refractivity contribution in [1.29, 1.82) is 0 Å². The topological polar surface area (TPSA) is 52.2 Å². The zero-order valence-electron chi connectivity index (χ0n) is 12.1. The van der Waals surface area contributed by atoms with Gasteiger partial charge in [-0.05, 0) is 18.2 Å². The summed E-state index contributed by atoms with van der Waals surface area (Å²) >= 11 is 6.12. The van der Waals surface area contributed by atoms with Gasteiger partial charge in [-0.2, -0.15) is 5.06 Å². The van der Waals surface area contributed by atoms with Gasteiger partial charge in [0.15, 0.2) is 0 Å². The van der Waals surface area contributed by atoms with Crippen LogP contribution in [0.15, 0.2) is 36.3 Å². The highest BCUT2D eigenvalue weighted by atomic mass is 35.5. The fourth-order valence-electron chi connectivity index (χ4n) is 2.62. The van der Waals surface area contributed by atoms with Crippen LogP contribution in [0, 0.1) is 0 Å². The van der Waals surface area contributed by atoms with E-state index in [9.17, 15) is 0 Å². The summed E-state index contributed by atoms with van der Waals surface area (Å²) in [7, 11) is 3.47. The molecule has 7 heteroatoms. The quantitative estimate of drug-likeness (QED) is 0.547. The zero-order chi connectivity index (χ0) is 15.3. The minimum Gasteiger partial charge on any atom is -0.330 e. The van der Waals surface area contributed by atoms with Crippen LogP contribution < -0.4 is 0 Å². The Morgan fingerprint density at radius 2 is 2.14 bits per heavy atom. The van der Waals surface area contributed by atoms with Crippen molar-refractivity contribution in [1.82, 2.24) is 19.6 Å². The monoisotopic (exact) mass is 316 g/mol. The normalized spacial score (nSPS) is 14.0. The van der Waals surface area contributed by atoms with Crippen molar-refractivity contribution >= 4 is 33.5 Å². The Labute approximate surface area is 131 Å². The second-order valence-electron chi connectivity index (χ2n) is 5.10. The van der Waals surface area contributed by atoms with E-state index in [0.29, 0.717) is 11.4 Å². The van der Waals surface area contributed by atoms with E-state index in [4.69, 9.17) is 16.6 Å². The molecule has 3 heterocycles. The number of aromatic nitrogens is 3. The van der Waals surface area contributed by atoms with Crippen LogP contribution in [0.3, 0.4) is 0 Å². The van der Waals surface area contributed by atoms with Gasteiger partial charge in [-0.25, -0.2) is 9.87 Å². The van der Waals surface area contributed by atoms with E-state index in [1.807, 2.05) is 31.4 Å². The number of fused-ring (bicyclic) bond motifs is 3. The lowest BCUT2D eigenvalue weighted by molar-refractivity contribution is -0.368. The van der Waals surface area contributed by atoms with Gasteiger partial charge in [0.1, 0.15) is 11.3 Å². The molecule has 0 atom stereocenters. The Kier molecular flexibility index (Phi) is 3.04. The number of benzene rings is 1. The van der Waals surface area contributed by atoms with Crippen molar-refractivity contribution in [2.75, 3.05) is 7.11 Å². The molecule has 0 bridgehead atoms. The van der Waals surface area contributed by atoms with Crippen LogP contribution in [0.25, 0.3) is 21.9 Å². The van der Waals surface area contributed by atoms with Crippen LogP contribution in [0.4, 0.5) is 0 Å². The number of hydrogen-bond acceptors (Lipinski definition) is 5. The minimum atomic E-state index is 0.663. The number of allylic oxidation sites excluding steroid dienone is 1. The molecule has 3 aromatic rings. The molecule has 1 aliphatic heterocycles. The number of hydroxylamine groups is 2. The molecule has 2 aromatic heterocycles. The van der Waals surface area contributed by atoms with Crippen LogP contribution >= 0.6 is 11.6 Å². The molecule has 0 radical (unpaired) electrons. The highest BCUT2D eigenvalue weighted by molar-refractivity contribution is 6.31. The molecule has 0 unspecified atom stereocenters. The standard InChI is InChI=1S/C15H13ClN4O2/c1-19-14(6-10-8-20(10)22-21-2)18-13-7-17-12-4-3-9(16)5-11(12)15(13)19/h3-5,7-8H,6H2,1-2H3. The lowest BCUT2D eigenvalue weighted by Gasteiger charge is -2.05. The molecule has 0 amide bonds. The predicted octanol–water partition coefficient (Wildman–Crippen LogP) is 2.97. The fourth-order valence-corrected chi connectivity index (χ4v) is 2.79. The third-order valence-electron chi connectivity index (χ3n) is 3.73. The maximum atomic E-state index is 6.12. The van der Waals surface area contributed by atoms with Crippen molar-refractivity contribution in [2.45, 2.75) is 6.42 Å². The van der Waals surface area contributed by atoms with E-state index in [2.05, 4.69) is 19.4 Å². The molecule has 0 spiro atoms. The molecule has 1 aromatic carbocycles. The molecule has 0 saturated heterocycles. The zero-order valence-corrected chi connectivity index (χ0v) is 12.8. The van der Waals surface area contributed by atoms with Gasteiger partial charge in [-0.1, -0.05) is 11.6 Å². The Balaban J connectivity index is 1.78. The SMILES string of the molecule is COON1C=C1Cc1nc2cnc3ccc(Cl)cc3c2n1C. The molecule has 0 saturated carbocycles. The first-order valence-corrected chi connectivity index (χ1v) is 7.15. The van der Waals surface area contributed by atoms with Gasteiger partial charge in [0.2, 0.25) is 0 Å². The number of imidazole rings is 1. The maximum absolute atomic E-state index is 6.12. The van der Waals surface area contributed by atoms with Crippen molar-refractivity contribution < 1.29 is 9.88 Å². The van der Waals surface area contributed by atoms with E-state index in [1.54, 1.807) is 11.3 Å². The predicted molar refractivity (Wildman–Crippen MR) is 82.7 cm³/mol. The number of aryl methyl sites for hydroxylation is 1. The second-order valence-corrected chi connectivity index (χ2v) is 5.54. The highest BCUT2D eigenvalue weighted by Crippen LogP contribution is 2.29. The van der Waals surface area contributed by atoms with E-state index < -0.39 is 0 Å². The molecular formula is C15H13ClN4O2. The Bertz CT molecular complexity index is 919. The van der Waals surface area contributed by atoms with Gasteiger partial charge in [0.05, 0.1) is 42.7 Å². The summed E-state index contributed by atoms with van der Waals surface area (Å²) < 4.78 is 2.07. The van der Waals surface area contributed by atoms with E-state index in [1.165, 1.54) is 7.11 Å². The van der Waals surface area contributed by atoms with Crippen LogP contribution in [0.1, 0.15) is 5.82 Å². The van der Waals surface area contributed by atoms with Gasteiger partial charge in [-0.3, -0.25) is 4.98 Å². The van der Waals surface area contributed by atoms with Crippen molar-refractivity contribution in [2.24, 2.45) is 7.05 Å². The minimum absolute atomic E-state index is 0.663. The number of rotatable bonds is 4. The van der Waals surface area contributed by atoms with Crippen molar-refractivity contribution in [3.63, 3.8) is 0 Å². The third-order valence-corrected chi connectivity index (χ3v) is 3.97. The van der Waals surface area contributed by atoms with Gasteiger partial charge in [0.25, 0.3) is 0 Å². The van der Waals surface area contributed by atoms with Gasteiger partial charge in [0, 0.05) is 17.5 Å². The summed E-state index contributed by atoms with van der Waals surface area (Å²) in [5, 5.41) is 3.27. The number of nitrogens with zero attached hydrogens (tertiary/aromatic N) is 4. The molecule has 4 rings (SSSR count). The molecular weight excluding hydrogens is 304 g/mol. The van der Waals surface area contributed by atoms with E-state index in [-0.39, 0.29) is 0 Å². The van der Waals surface area contributed by atoms with Gasteiger partial charge < -0.3 is 4.57 Å². The Morgan fingerprint density at radius 3 is 2.95 bits per heavy atom. The van der Waals surface area contributed by atoms with Crippen LogP contribution in [-0.2, 0) is 23.3 Å². The van der Waals surface area contributed by atoms with E-state index in [0.717, 1.165) is 33.5 Å². The average Bonchev–Trinajstić information content (AvgIpc) is 3.14. The molecule has 112 valence electrons. The first kappa shape index (κ1) is 13.5. The first-order valence-electron chi connectivity index (χ1n) is 6.77. The lowest BCUT2D eigenvalue weighted by Crippen LogP contribution is -2.04. The summed E-state index contributed by atoms with van der Waals surface area (Å²) in [5.74, 6) is 0.928. The number of hydrogen-bond donors (Lipinski definition) is 0. The summed E-state index contributed by atoms with van der Waals surface area (Å²) in [6.45, 7) is 0. The summed E-state index contributed by atoms with van der Waals surface area (Å²) in [6.07, 6.45) is 4.31. The third kappa shape index (κ3) is 2.12. The summed E-state index contributed by atoms with van der Waals surface area (Å²) in [4.78, 5) is 18.6. The molecule has 0 N–H and O–H groups in total. The van der Waals surface area contributed by atoms with Gasteiger partial charge in [-0.15, -0.1) is 4.99 Å². The average molecular weight is 317 g/mol. The van der Waals surface area contributed by atoms with Crippen LogP contribution in [0.5, 0.6) is 0 Å². The largest absolute Gasteiger partial charge is 0.330 e. The molecule has 22 heavy (non-hydrogen) atoms. The van der Waals surface area contributed by atoms with Gasteiger partial charge >= 0.3 is 0 Å². The van der Waals surface area contributed by atoms with Crippen molar-refractivity contribution in [3.8, 4) is 0 Å². The summed E-state index contributed by atoms with van der Waals surface area (Å²) in [5.41, 5.74) is 3.80. The smallest absolute Gasteiger partial charge is 0.115 e. The number of halogens is 1. The highest BCUT2D eigenvalue weighted by Gasteiger charge is 2.25. The Hall–Kier alpha value is -2.15. The summed E-state index contributed by atoms with van der Waals surface area (Å²) in [6, 6.07) is 5.69. The van der Waals surface area contributed by atoms with Crippen LogP contribution in [0.2, 0.25) is 5.02 Å². The molecule has 0 fully saturated rings. The molecule has 1 aliphatic rings. The second kappa shape index (κ2) is 4.95. The Morgan fingerprint density at radius 1 is 1.27 bits per heavy atom. The fraction of sp³-hybridized carbons (Fsp3) is 0.200. The van der Waals surface area contributed by atoms with Crippen LogP contribution in [-0.4, -0.2) is 26.7 Å². The number of pyridine rings is 1. The van der Waals surface area contributed by atoms with Crippen molar-refractivity contribution in [3.05, 3.63) is 47.1 Å².